The molecule has 1 saturated heterocycles. The first-order valence-electron chi connectivity index (χ1n) is 9.30. The van der Waals surface area contributed by atoms with Crippen molar-refractivity contribution in [2.24, 2.45) is 0 Å². The van der Waals surface area contributed by atoms with Gasteiger partial charge in [0.15, 0.2) is 0 Å². The van der Waals surface area contributed by atoms with Crippen LogP contribution in [0.2, 0.25) is 0 Å². The number of hydrogen-bond donors (Lipinski definition) is 2. The molecule has 1 aliphatic rings. The van der Waals surface area contributed by atoms with Crippen LogP contribution in [0.25, 0.3) is 0 Å². The molecule has 0 spiro atoms. The van der Waals surface area contributed by atoms with Crippen molar-refractivity contribution in [1.29, 1.82) is 0 Å². The predicted octanol–water partition coefficient (Wildman–Crippen LogP) is 3.29. The molecule has 0 aromatic heterocycles. The van der Waals surface area contributed by atoms with E-state index >= 15 is 0 Å². The number of hydrogen-bond acceptors (Lipinski definition) is 4. The van der Waals surface area contributed by atoms with Crippen molar-refractivity contribution >= 4 is 6.09 Å². The van der Waals surface area contributed by atoms with E-state index in [1.54, 1.807) is 0 Å². The van der Waals surface area contributed by atoms with Gasteiger partial charge >= 0.3 is 6.09 Å². The zero-order valence-electron chi connectivity index (χ0n) is 16.1. The molecule has 2 N–H and O–H groups in total. The molecule has 1 aliphatic heterocycles. The summed E-state index contributed by atoms with van der Waals surface area (Å²) < 4.78 is 5.30. The number of rotatable bonds is 6. The van der Waals surface area contributed by atoms with Crippen LogP contribution in [0.5, 0.6) is 0 Å². The number of carbonyl (C=O) groups excluding carboxylic acids is 1. The molecule has 25 heavy (non-hydrogen) atoms. The minimum absolute atomic E-state index is 0.376. The summed E-state index contributed by atoms with van der Waals surface area (Å²) in [7, 11) is 2.21. The van der Waals surface area contributed by atoms with Crippen molar-refractivity contribution in [2.75, 3.05) is 20.1 Å². The fraction of sp³-hybridized carbons (Fsp3) is 0.650. The maximum Gasteiger partial charge on any atom is 0.407 e. The molecule has 2 rings (SSSR count). The third-order valence-electron chi connectivity index (χ3n) is 4.56. The van der Waals surface area contributed by atoms with Gasteiger partial charge in [0.25, 0.3) is 0 Å². The Morgan fingerprint density at radius 1 is 1.20 bits per heavy atom. The summed E-state index contributed by atoms with van der Waals surface area (Å²) in [4.78, 5) is 14.3. The van der Waals surface area contributed by atoms with Crippen LogP contribution in [0.3, 0.4) is 0 Å². The summed E-state index contributed by atoms with van der Waals surface area (Å²) in [5, 5.41) is 6.43. The van der Waals surface area contributed by atoms with E-state index < -0.39 is 5.60 Å². The van der Waals surface area contributed by atoms with Gasteiger partial charge in [0, 0.05) is 25.7 Å². The zero-order valence-corrected chi connectivity index (χ0v) is 16.1. The maximum absolute atomic E-state index is 11.8. The molecule has 140 valence electrons. The molecule has 1 fully saturated rings. The van der Waals surface area contributed by atoms with E-state index in [0.717, 1.165) is 18.7 Å². The van der Waals surface area contributed by atoms with Crippen molar-refractivity contribution in [3.8, 4) is 0 Å². The third kappa shape index (κ3) is 7.04. The first kappa shape index (κ1) is 19.7. The molecule has 0 bridgehead atoms. The predicted molar refractivity (Wildman–Crippen MR) is 101 cm³/mol. The molecule has 1 amide bonds. The molecule has 1 aromatic carbocycles. The van der Waals surface area contributed by atoms with Crippen LogP contribution >= 0.6 is 0 Å². The van der Waals surface area contributed by atoms with Gasteiger partial charge in [-0.3, -0.25) is 0 Å². The Morgan fingerprint density at radius 2 is 1.88 bits per heavy atom. The van der Waals surface area contributed by atoms with E-state index in [9.17, 15) is 4.79 Å². The molecule has 5 nitrogen and oxygen atoms in total. The molecular formula is C20H33N3O2. The van der Waals surface area contributed by atoms with Gasteiger partial charge in [-0.1, -0.05) is 30.7 Å². The molecule has 1 unspecified atom stereocenters. The lowest BCUT2D eigenvalue weighted by molar-refractivity contribution is 0.0523. The molecule has 0 saturated carbocycles. The molecule has 5 heteroatoms. The quantitative estimate of drug-likeness (QED) is 0.829. The summed E-state index contributed by atoms with van der Waals surface area (Å²) in [6, 6.07) is 8.84. The SMILES string of the molecule is CN1CCCCC1CNCc1ccccc1CNC(=O)OC(C)(C)C. The number of nitrogens with one attached hydrogen (secondary N) is 2. The Bertz CT molecular complexity index is 554. The van der Waals surface area contributed by atoms with Crippen LogP contribution in [0.1, 0.15) is 51.2 Å². The summed E-state index contributed by atoms with van der Waals surface area (Å²) in [5.74, 6) is 0. The van der Waals surface area contributed by atoms with Crippen LogP contribution in [-0.2, 0) is 17.8 Å². The first-order chi connectivity index (χ1) is 11.8. The monoisotopic (exact) mass is 347 g/mol. The number of nitrogens with zero attached hydrogens (tertiary/aromatic N) is 1. The Labute approximate surface area is 152 Å². The van der Waals surface area contributed by atoms with Gasteiger partial charge in [0.05, 0.1) is 0 Å². The van der Waals surface area contributed by atoms with Gasteiger partial charge in [-0.2, -0.15) is 0 Å². The number of likely N-dealkylation sites (tertiary alicyclic amines) is 1. The lowest BCUT2D eigenvalue weighted by Gasteiger charge is -2.32. The second kappa shape index (κ2) is 9.20. The zero-order chi connectivity index (χ0) is 18.3. The second-order valence-corrected chi connectivity index (χ2v) is 7.89. The van der Waals surface area contributed by atoms with Crippen molar-refractivity contribution in [3.05, 3.63) is 35.4 Å². The lowest BCUT2D eigenvalue weighted by Crippen LogP contribution is -2.43. The van der Waals surface area contributed by atoms with E-state index in [0.29, 0.717) is 12.6 Å². The van der Waals surface area contributed by atoms with Gasteiger partial charge in [0.2, 0.25) is 0 Å². The number of ether oxygens (including phenoxy) is 1. The average Bonchev–Trinajstić information content (AvgIpc) is 2.54. The van der Waals surface area contributed by atoms with Crippen LogP contribution < -0.4 is 10.6 Å². The van der Waals surface area contributed by atoms with Crippen LogP contribution in [0.4, 0.5) is 4.79 Å². The van der Waals surface area contributed by atoms with Crippen molar-refractivity contribution < 1.29 is 9.53 Å². The highest BCUT2D eigenvalue weighted by Crippen LogP contribution is 2.15. The topological polar surface area (TPSA) is 53.6 Å². The van der Waals surface area contributed by atoms with Crippen LogP contribution in [0.15, 0.2) is 24.3 Å². The highest BCUT2D eigenvalue weighted by Gasteiger charge is 2.18. The van der Waals surface area contributed by atoms with E-state index in [1.165, 1.54) is 31.4 Å². The molecule has 1 aromatic rings. The first-order valence-corrected chi connectivity index (χ1v) is 9.30. The number of carbonyl (C=O) groups is 1. The van der Waals surface area contributed by atoms with E-state index in [4.69, 9.17) is 4.74 Å². The third-order valence-corrected chi connectivity index (χ3v) is 4.56. The fourth-order valence-corrected chi connectivity index (χ4v) is 3.16. The largest absolute Gasteiger partial charge is 0.444 e. The van der Waals surface area contributed by atoms with Gasteiger partial charge < -0.3 is 20.3 Å². The van der Waals surface area contributed by atoms with Crippen molar-refractivity contribution in [1.82, 2.24) is 15.5 Å². The minimum atomic E-state index is -0.475. The molecule has 0 aliphatic carbocycles. The normalized spacial score (nSPS) is 18.8. The Hall–Kier alpha value is -1.59. The van der Waals surface area contributed by atoms with Gasteiger partial charge in [-0.15, -0.1) is 0 Å². The number of likely N-dealkylation sites (N-methyl/N-ethyl adjacent to an activating group) is 1. The summed E-state index contributed by atoms with van der Waals surface area (Å²) >= 11 is 0. The van der Waals surface area contributed by atoms with Crippen molar-refractivity contribution in [2.45, 2.75) is 64.8 Å². The number of amides is 1. The van der Waals surface area contributed by atoms with E-state index in [2.05, 4.69) is 34.7 Å². The van der Waals surface area contributed by atoms with Gasteiger partial charge in [0.1, 0.15) is 5.60 Å². The maximum atomic E-state index is 11.8. The molecule has 1 atom stereocenters. The van der Waals surface area contributed by atoms with Gasteiger partial charge in [-0.25, -0.2) is 4.79 Å². The van der Waals surface area contributed by atoms with Gasteiger partial charge in [-0.05, 0) is 58.3 Å². The smallest absolute Gasteiger partial charge is 0.407 e. The Kier molecular flexibility index (Phi) is 7.26. The highest BCUT2D eigenvalue weighted by molar-refractivity contribution is 5.67. The summed E-state index contributed by atoms with van der Waals surface area (Å²) in [6.45, 7) is 9.10. The second-order valence-electron chi connectivity index (χ2n) is 7.89. The summed E-state index contributed by atoms with van der Waals surface area (Å²) in [5.41, 5.74) is 1.87. The molecule has 0 radical (unpaired) electrons. The standard InChI is InChI=1S/C20H33N3O2/c1-20(2,3)25-19(24)22-14-17-10-6-5-9-16(17)13-21-15-18-11-7-8-12-23(18)4/h5-6,9-10,18,21H,7-8,11-15H2,1-4H3,(H,22,24). The Morgan fingerprint density at radius 3 is 2.52 bits per heavy atom. The Balaban J connectivity index is 1.82. The number of piperidine rings is 1. The molecule has 1 heterocycles. The van der Waals surface area contributed by atoms with Crippen LogP contribution in [0, 0.1) is 0 Å². The van der Waals surface area contributed by atoms with Crippen LogP contribution in [-0.4, -0.2) is 42.8 Å². The summed E-state index contributed by atoms with van der Waals surface area (Å²) in [6.07, 6.45) is 3.53. The number of benzene rings is 1. The lowest BCUT2D eigenvalue weighted by atomic mass is 10.0. The number of alkyl carbamates (subject to hydrolysis) is 1. The highest BCUT2D eigenvalue weighted by atomic mass is 16.6. The van der Waals surface area contributed by atoms with E-state index in [-0.39, 0.29) is 6.09 Å². The fourth-order valence-electron chi connectivity index (χ4n) is 3.16. The molecular weight excluding hydrogens is 314 g/mol. The minimum Gasteiger partial charge on any atom is -0.444 e. The average molecular weight is 348 g/mol. The van der Waals surface area contributed by atoms with Crippen molar-refractivity contribution in [3.63, 3.8) is 0 Å². The van der Waals surface area contributed by atoms with E-state index in [1.807, 2.05) is 32.9 Å².